The number of carbonyl (C=O) groups excluding carboxylic acids is 1. The summed E-state index contributed by atoms with van der Waals surface area (Å²) in [7, 11) is 0. The Bertz CT molecular complexity index is 615. The van der Waals surface area contributed by atoms with Gasteiger partial charge in [0.15, 0.2) is 4.96 Å². The molecule has 3 rings (SSSR count). The van der Waals surface area contributed by atoms with Crippen LogP contribution in [0.3, 0.4) is 0 Å². The van der Waals surface area contributed by atoms with E-state index < -0.39 is 0 Å². The molecule has 1 fully saturated rings. The molecule has 0 aliphatic carbocycles. The Morgan fingerprint density at radius 2 is 2.09 bits per heavy atom. The molecule has 0 saturated carbocycles. The van der Waals surface area contributed by atoms with Crippen LogP contribution in [0.15, 0.2) is 18.6 Å². The van der Waals surface area contributed by atoms with E-state index >= 15 is 0 Å². The van der Waals surface area contributed by atoms with Gasteiger partial charge in [0, 0.05) is 57.9 Å². The summed E-state index contributed by atoms with van der Waals surface area (Å²) in [4.78, 5) is 23.0. The average molecular weight is 335 g/mol. The Morgan fingerprint density at radius 1 is 1.35 bits per heavy atom. The minimum atomic E-state index is 0.00292. The molecule has 0 aromatic carbocycles. The van der Waals surface area contributed by atoms with E-state index in [1.54, 1.807) is 6.20 Å². The van der Waals surface area contributed by atoms with Crippen molar-refractivity contribution in [2.24, 2.45) is 5.92 Å². The van der Waals surface area contributed by atoms with E-state index in [4.69, 9.17) is 0 Å². The van der Waals surface area contributed by atoms with Crippen LogP contribution >= 0.6 is 11.3 Å². The molecule has 6 nitrogen and oxygen atoms in total. The summed E-state index contributed by atoms with van der Waals surface area (Å²) in [5.41, 5.74) is 0. The van der Waals surface area contributed by atoms with E-state index in [1.165, 1.54) is 11.3 Å². The highest BCUT2D eigenvalue weighted by molar-refractivity contribution is 7.18. The molecule has 1 aliphatic rings. The first-order valence-corrected chi connectivity index (χ1v) is 9.12. The molecule has 2 aromatic rings. The van der Waals surface area contributed by atoms with Gasteiger partial charge in [-0.25, -0.2) is 4.98 Å². The lowest BCUT2D eigenvalue weighted by atomic mass is 10.1. The van der Waals surface area contributed by atoms with Crippen LogP contribution in [0.4, 0.5) is 0 Å². The van der Waals surface area contributed by atoms with Crippen molar-refractivity contribution in [3.63, 3.8) is 0 Å². The number of thiazole rings is 1. The number of amides is 1. The Morgan fingerprint density at radius 3 is 2.78 bits per heavy atom. The molecule has 126 valence electrons. The third-order valence-corrected chi connectivity index (χ3v) is 5.42. The van der Waals surface area contributed by atoms with Gasteiger partial charge in [0.1, 0.15) is 4.88 Å². The van der Waals surface area contributed by atoms with E-state index in [0.717, 1.165) is 49.1 Å². The molecule has 0 radical (unpaired) electrons. The first-order chi connectivity index (χ1) is 11.2. The summed E-state index contributed by atoms with van der Waals surface area (Å²) in [5, 5.41) is 3.05. The first kappa shape index (κ1) is 16.4. The topological polar surface area (TPSA) is 52.9 Å². The molecular formula is C16H25N5OS. The lowest BCUT2D eigenvalue weighted by molar-refractivity contribution is 0.0937. The van der Waals surface area contributed by atoms with Crippen molar-refractivity contribution in [2.45, 2.75) is 13.8 Å². The SMILES string of the molecule is CCN1CCN(CC(C)CNC(=O)c2cn3ccnc3s2)CC1. The van der Waals surface area contributed by atoms with Crippen LogP contribution in [0.2, 0.25) is 0 Å². The number of hydrogen-bond acceptors (Lipinski definition) is 5. The summed E-state index contributed by atoms with van der Waals surface area (Å²) in [5.74, 6) is 0.458. The number of nitrogens with one attached hydrogen (secondary N) is 1. The van der Waals surface area contributed by atoms with E-state index in [9.17, 15) is 4.79 Å². The molecule has 1 N–H and O–H groups in total. The summed E-state index contributed by atoms with van der Waals surface area (Å²) in [6.07, 6.45) is 5.45. The van der Waals surface area contributed by atoms with Gasteiger partial charge in [0.25, 0.3) is 5.91 Å². The molecule has 0 bridgehead atoms. The van der Waals surface area contributed by atoms with Crippen molar-refractivity contribution in [3.8, 4) is 0 Å². The second kappa shape index (κ2) is 7.42. The molecule has 7 heteroatoms. The second-order valence-electron chi connectivity index (χ2n) is 6.26. The zero-order chi connectivity index (χ0) is 16.2. The Hall–Kier alpha value is -1.44. The smallest absolute Gasteiger partial charge is 0.263 e. The van der Waals surface area contributed by atoms with Crippen molar-refractivity contribution >= 4 is 22.2 Å². The molecular weight excluding hydrogens is 310 g/mol. The number of nitrogens with zero attached hydrogens (tertiary/aromatic N) is 4. The molecule has 0 spiro atoms. The second-order valence-corrected chi connectivity index (χ2v) is 7.27. The maximum atomic E-state index is 12.2. The number of imidazole rings is 1. The molecule has 3 heterocycles. The van der Waals surface area contributed by atoms with Crippen molar-refractivity contribution in [3.05, 3.63) is 23.5 Å². The number of likely N-dealkylation sites (N-methyl/N-ethyl adjacent to an activating group) is 1. The van der Waals surface area contributed by atoms with Gasteiger partial charge >= 0.3 is 0 Å². The van der Waals surface area contributed by atoms with E-state index in [0.29, 0.717) is 12.5 Å². The molecule has 1 saturated heterocycles. The summed E-state index contributed by atoms with van der Waals surface area (Å²) >= 11 is 1.43. The zero-order valence-electron chi connectivity index (χ0n) is 13.9. The van der Waals surface area contributed by atoms with Crippen LogP contribution < -0.4 is 5.32 Å². The Balaban J connectivity index is 1.42. The van der Waals surface area contributed by atoms with E-state index in [2.05, 4.69) is 33.9 Å². The van der Waals surface area contributed by atoms with Crippen LogP contribution in [0.5, 0.6) is 0 Å². The van der Waals surface area contributed by atoms with Crippen molar-refractivity contribution < 1.29 is 4.79 Å². The number of piperazine rings is 1. The fourth-order valence-electron chi connectivity index (χ4n) is 2.98. The van der Waals surface area contributed by atoms with Gasteiger partial charge in [-0.1, -0.05) is 25.2 Å². The quantitative estimate of drug-likeness (QED) is 0.867. The lowest BCUT2D eigenvalue weighted by Gasteiger charge is -2.35. The molecule has 1 amide bonds. The van der Waals surface area contributed by atoms with Crippen LogP contribution in [-0.2, 0) is 0 Å². The van der Waals surface area contributed by atoms with E-state index in [1.807, 2.05) is 16.8 Å². The van der Waals surface area contributed by atoms with E-state index in [-0.39, 0.29) is 5.91 Å². The number of rotatable bonds is 6. The standard InChI is InChI=1S/C16H25N5OS/c1-3-19-6-8-20(9-7-19)11-13(2)10-18-15(22)14-12-21-5-4-17-16(21)23-14/h4-5,12-13H,3,6-11H2,1-2H3,(H,18,22). The number of aromatic nitrogens is 2. The minimum Gasteiger partial charge on any atom is -0.351 e. The fraction of sp³-hybridized carbons (Fsp3) is 0.625. The highest BCUT2D eigenvalue weighted by atomic mass is 32.1. The Labute approximate surface area is 141 Å². The number of hydrogen-bond donors (Lipinski definition) is 1. The first-order valence-electron chi connectivity index (χ1n) is 8.31. The lowest BCUT2D eigenvalue weighted by Crippen LogP contribution is -2.48. The summed E-state index contributed by atoms with van der Waals surface area (Å²) < 4.78 is 1.89. The molecule has 23 heavy (non-hydrogen) atoms. The summed E-state index contributed by atoms with van der Waals surface area (Å²) in [6, 6.07) is 0. The van der Waals surface area contributed by atoms with Crippen molar-refractivity contribution in [1.82, 2.24) is 24.5 Å². The maximum absolute atomic E-state index is 12.2. The molecule has 1 aliphatic heterocycles. The minimum absolute atomic E-state index is 0.00292. The predicted molar refractivity (Wildman–Crippen MR) is 93.1 cm³/mol. The van der Waals surface area contributed by atoms with Crippen LogP contribution in [0.25, 0.3) is 4.96 Å². The fourth-order valence-corrected chi connectivity index (χ4v) is 3.84. The molecule has 1 atom stereocenters. The van der Waals surface area contributed by atoms with Gasteiger partial charge in [-0.3, -0.25) is 9.20 Å². The maximum Gasteiger partial charge on any atom is 0.263 e. The Kier molecular flexibility index (Phi) is 5.30. The third kappa shape index (κ3) is 4.10. The highest BCUT2D eigenvalue weighted by Crippen LogP contribution is 2.16. The highest BCUT2D eigenvalue weighted by Gasteiger charge is 2.18. The van der Waals surface area contributed by atoms with Crippen molar-refractivity contribution in [1.29, 1.82) is 0 Å². The largest absolute Gasteiger partial charge is 0.351 e. The third-order valence-electron chi connectivity index (χ3n) is 4.41. The monoisotopic (exact) mass is 335 g/mol. The van der Waals surface area contributed by atoms with Gasteiger partial charge in [-0.15, -0.1) is 0 Å². The molecule has 2 aromatic heterocycles. The zero-order valence-corrected chi connectivity index (χ0v) is 14.7. The van der Waals surface area contributed by atoms with Crippen molar-refractivity contribution in [2.75, 3.05) is 45.8 Å². The predicted octanol–water partition coefficient (Wildman–Crippen LogP) is 1.40. The summed E-state index contributed by atoms with van der Waals surface area (Å²) in [6.45, 7) is 11.9. The normalized spacial score (nSPS) is 18.3. The van der Waals surface area contributed by atoms with Gasteiger partial charge < -0.3 is 15.1 Å². The van der Waals surface area contributed by atoms with Gasteiger partial charge in [-0.2, -0.15) is 0 Å². The van der Waals surface area contributed by atoms with Gasteiger partial charge in [-0.05, 0) is 12.5 Å². The van der Waals surface area contributed by atoms with Crippen LogP contribution in [-0.4, -0.2) is 70.9 Å². The van der Waals surface area contributed by atoms with Gasteiger partial charge in [0.2, 0.25) is 0 Å². The average Bonchev–Trinajstić information content (AvgIpc) is 3.15. The van der Waals surface area contributed by atoms with Gasteiger partial charge in [0.05, 0.1) is 0 Å². The molecule has 1 unspecified atom stereocenters. The number of fused-ring (bicyclic) bond motifs is 1. The van der Waals surface area contributed by atoms with Crippen LogP contribution in [0, 0.1) is 5.92 Å². The number of carbonyl (C=O) groups is 1. The van der Waals surface area contributed by atoms with Crippen LogP contribution in [0.1, 0.15) is 23.5 Å².